The molecule has 1 N–H and O–H groups in total. The second kappa shape index (κ2) is 4.56. The van der Waals surface area contributed by atoms with Crippen LogP contribution in [0.4, 0.5) is 0 Å². The Morgan fingerprint density at radius 2 is 2.27 bits per heavy atom. The lowest BCUT2D eigenvalue weighted by Crippen LogP contribution is -2.26. The molecule has 3 heteroatoms. The van der Waals surface area contributed by atoms with E-state index in [1.165, 1.54) is 28.6 Å². The average Bonchev–Trinajstić information content (AvgIpc) is 2.86. The first-order chi connectivity index (χ1) is 7.09. The first-order valence-electron chi connectivity index (χ1n) is 5.56. The lowest BCUT2D eigenvalue weighted by atomic mass is 9.87. The summed E-state index contributed by atoms with van der Waals surface area (Å²) >= 11 is 5.48. The van der Waals surface area contributed by atoms with Gasteiger partial charge < -0.3 is 5.32 Å². The Morgan fingerprint density at radius 1 is 1.53 bits per heavy atom. The number of hydrogen-bond acceptors (Lipinski definition) is 2. The number of hydrogen-bond donors (Lipinski definition) is 1. The molecule has 1 fully saturated rings. The van der Waals surface area contributed by atoms with Gasteiger partial charge in [0.15, 0.2) is 0 Å². The van der Waals surface area contributed by atoms with Crippen molar-refractivity contribution in [2.24, 2.45) is 0 Å². The highest BCUT2D eigenvalue weighted by molar-refractivity contribution is 9.10. The third-order valence-electron chi connectivity index (χ3n) is 2.99. The van der Waals surface area contributed by atoms with Crippen molar-refractivity contribution in [2.75, 3.05) is 6.54 Å². The second-order valence-corrected chi connectivity index (χ2v) is 6.73. The number of thiophene rings is 1. The highest BCUT2D eigenvalue weighted by atomic mass is 79.9. The van der Waals surface area contributed by atoms with Gasteiger partial charge in [-0.2, -0.15) is 0 Å². The van der Waals surface area contributed by atoms with Gasteiger partial charge in [0.1, 0.15) is 0 Å². The molecule has 1 aromatic heterocycles. The standard InChI is InChI=1S/C12H18BrNS/c1-12(2,6-7-14-9-3-4-9)11-10(13)5-8-15-11/h5,8-9,14H,3-4,6-7H2,1-2H3. The van der Waals surface area contributed by atoms with Crippen LogP contribution in [0.5, 0.6) is 0 Å². The molecule has 0 bridgehead atoms. The van der Waals surface area contributed by atoms with Crippen LogP contribution in [0.15, 0.2) is 15.9 Å². The minimum absolute atomic E-state index is 0.287. The van der Waals surface area contributed by atoms with E-state index >= 15 is 0 Å². The van der Waals surface area contributed by atoms with Crippen molar-refractivity contribution in [2.45, 2.75) is 44.6 Å². The Balaban J connectivity index is 1.90. The fourth-order valence-corrected chi connectivity index (χ4v) is 3.83. The molecule has 0 spiro atoms. The number of nitrogens with one attached hydrogen (secondary N) is 1. The maximum atomic E-state index is 3.63. The summed E-state index contributed by atoms with van der Waals surface area (Å²) in [6, 6.07) is 2.98. The van der Waals surface area contributed by atoms with Crippen molar-refractivity contribution in [3.8, 4) is 0 Å². The summed E-state index contributed by atoms with van der Waals surface area (Å²) in [4.78, 5) is 1.47. The van der Waals surface area contributed by atoms with Gasteiger partial charge in [0.2, 0.25) is 0 Å². The quantitative estimate of drug-likeness (QED) is 0.865. The van der Waals surface area contributed by atoms with E-state index in [1.807, 2.05) is 11.3 Å². The molecule has 0 saturated heterocycles. The van der Waals surface area contributed by atoms with Crippen molar-refractivity contribution < 1.29 is 0 Å². The molecular formula is C12H18BrNS. The van der Waals surface area contributed by atoms with Crippen LogP contribution in [0.2, 0.25) is 0 Å². The van der Waals surface area contributed by atoms with Crippen molar-refractivity contribution in [1.82, 2.24) is 5.32 Å². The second-order valence-electron chi connectivity index (χ2n) is 4.96. The van der Waals surface area contributed by atoms with Gasteiger partial charge in [-0.3, -0.25) is 0 Å². The van der Waals surface area contributed by atoms with Crippen molar-refractivity contribution in [3.63, 3.8) is 0 Å². The van der Waals surface area contributed by atoms with E-state index in [4.69, 9.17) is 0 Å². The van der Waals surface area contributed by atoms with Gasteiger partial charge in [0, 0.05) is 20.8 Å². The summed E-state index contributed by atoms with van der Waals surface area (Å²) in [5.74, 6) is 0. The van der Waals surface area contributed by atoms with Crippen LogP contribution in [0.3, 0.4) is 0 Å². The van der Waals surface area contributed by atoms with Crippen molar-refractivity contribution in [3.05, 3.63) is 20.8 Å². The van der Waals surface area contributed by atoms with Crippen LogP contribution < -0.4 is 5.32 Å². The summed E-state index contributed by atoms with van der Waals surface area (Å²) in [5.41, 5.74) is 0.287. The molecule has 1 heterocycles. The van der Waals surface area contributed by atoms with Crippen LogP contribution in [0, 0.1) is 0 Å². The normalized spacial score (nSPS) is 17.0. The summed E-state index contributed by atoms with van der Waals surface area (Å²) in [6.07, 6.45) is 3.97. The molecule has 0 amide bonds. The molecule has 1 aliphatic rings. The van der Waals surface area contributed by atoms with E-state index in [1.54, 1.807) is 0 Å². The van der Waals surface area contributed by atoms with Crippen molar-refractivity contribution in [1.29, 1.82) is 0 Å². The molecule has 0 unspecified atom stereocenters. The molecule has 1 aromatic rings. The van der Waals surface area contributed by atoms with Crippen LogP contribution in [0.1, 0.15) is 38.0 Å². The van der Waals surface area contributed by atoms with Gasteiger partial charge in [0.25, 0.3) is 0 Å². The maximum Gasteiger partial charge on any atom is 0.0319 e. The van der Waals surface area contributed by atoms with Crippen LogP contribution in [-0.4, -0.2) is 12.6 Å². The molecule has 1 saturated carbocycles. The minimum atomic E-state index is 0.287. The third kappa shape index (κ3) is 3.05. The lowest BCUT2D eigenvalue weighted by molar-refractivity contribution is 0.462. The first-order valence-corrected chi connectivity index (χ1v) is 7.24. The predicted octanol–water partition coefficient (Wildman–Crippen LogP) is 3.93. The number of rotatable bonds is 5. The Bertz CT molecular complexity index is 328. The highest BCUT2D eigenvalue weighted by Gasteiger charge is 2.26. The molecule has 2 rings (SSSR count). The zero-order valence-corrected chi connectivity index (χ0v) is 11.7. The first kappa shape index (κ1) is 11.6. The molecule has 0 aromatic carbocycles. The van der Waals surface area contributed by atoms with Gasteiger partial charge in [-0.05, 0) is 53.2 Å². The topological polar surface area (TPSA) is 12.0 Å². The van der Waals surface area contributed by atoms with Crippen molar-refractivity contribution >= 4 is 27.3 Å². The zero-order chi connectivity index (χ0) is 10.9. The summed E-state index contributed by atoms with van der Waals surface area (Å²) in [6.45, 7) is 5.80. The average molecular weight is 288 g/mol. The summed E-state index contributed by atoms with van der Waals surface area (Å²) < 4.78 is 1.27. The molecule has 0 aliphatic heterocycles. The van der Waals surface area contributed by atoms with Crippen LogP contribution >= 0.6 is 27.3 Å². The Labute approximate surface area is 104 Å². The van der Waals surface area contributed by atoms with Gasteiger partial charge in [0.05, 0.1) is 0 Å². The van der Waals surface area contributed by atoms with Crippen LogP contribution in [-0.2, 0) is 5.41 Å². The Kier molecular flexibility index (Phi) is 3.53. The smallest absolute Gasteiger partial charge is 0.0319 e. The molecule has 1 nitrogen and oxygen atoms in total. The minimum Gasteiger partial charge on any atom is -0.314 e. The predicted molar refractivity (Wildman–Crippen MR) is 70.7 cm³/mol. The van der Waals surface area contributed by atoms with Gasteiger partial charge in [-0.25, -0.2) is 0 Å². The highest BCUT2D eigenvalue weighted by Crippen LogP contribution is 2.36. The van der Waals surface area contributed by atoms with Gasteiger partial charge >= 0.3 is 0 Å². The zero-order valence-electron chi connectivity index (χ0n) is 9.35. The SMILES string of the molecule is CC(C)(CCNC1CC1)c1sccc1Br. The van der Waals surface area contributed by atoms with Gasteiger partial charge in [-0.15, -0.1) is 11.3 Å². The molecule has 84 valence electrons. The fourth-order valence-electron chi connectivity index (χ4n) is 1.77. The summed E-state index contributed by atoms with van der Waals surface area (Å²) in [5, 5.41) is 5.75. The molecule has 0 atom stereocenters. The Morgan fingerprint density at radius 3 is 2.80 bits per heavy atom. The fraction of sp³-hybridized carbons (Fsp3) is 0.667. The van der Waals surface area contributed by atoms with E-state index in [2.05, 4.69) is 46.5 Å². The maximum absolute atomic E-state index is 3.63. The van der Waals surface area contributed by atoms with Crippen LogP contribution in [0.25, 0.3) is 0 Å². The van der Waals surface area contributed by atoms with E-state index < -0.39 is 0 Å². The van der Waals surface area contributed by atoms with E-state index in [0.717, 1.165) is 12.6 Å². The monoisotopic (exact) mass is 287 g/mol. The molecule has 0 radical (unpaired) electrons. The Hall–Kier alpha value is 0.140. The lowest BCUT2D eigenvalue weighted by Gasteiger charge is -2.24. The third-order valence-corrected chi connectivity index (χ3v) is 5.20. The van der Waals surface area contributed by atoms with E-state index in [0.29, 0.717) is 0 Å². The summed E-state index contributed by atoms with van der Waals surface area (Å²) in [7, 11) is 0. The largest absolute Gasteiger partial charge is 0.314 e. The molecule has 1 aliphatic carbocycles. The van der Waals surface area contributed by atoms with E-state index in [-0.39, 0.29) is 5.41 Å². The van der Waals surface area contributed by atoms with Gasteiger partial charge in [-0.1, -0.05) is 13.8 Å². The number of halogens is 1. The molecular weight excluding hydrogens is 270 g/mol. The van der Waals surface area contributed by atoms with E-state index in [9.17, 15) is 0 Å². The molecule has 15 heavy (non-hydrogen) atoms.